The van der Waals surface area contributed by atoms with Gasteiger partial charge in [0.05, 0.1) is 24.0 Å². The summed E-state index contributed by atoms with van der Waals surface area (Å²) in [7, 11) is 0. The topological polar surface area (TPSA) is 73.8 Å². The Morgan fingerprint density at radius 3 is 2.88 bits per heavy atom. The zero-order valence-electron chi connectivity index (χ0n) is 8.38. The lowest BCUT2D eigenvalue weighted by Gasteiger charge is -1.97. The number of rotatable bonds is 3. The third-order valence-corrected chi connectivity index (χ3v) is 2.24. The van der Waals surface area contributed by atoms with Gasteiger partial charge >= 0.3 is 5.82 Å². The van der Waals surface area contributed by atoms with Crippen molar-refractivity contribution < 1.29 is 9.31 Å². The molecule has 0 saturated heterocycles. The van der Waals surface area contributed by atoms with Gasteiger partial charge in [-0.3, -0.25) is 4.98 Å². The molecule has 88 valence electrons. The molecule has 2 aromatic heterocycles. The van der Waals surface area contributed by atoms with Crippen LogP contribution in [0.5, 0.6) is 0 Å². The van der Waals surface area contributed by atoms with Crippen LogP contribution < -0.4 is 0 Å². The molecule has 0 spiro atoms. The smallest absolute Gasteiger partial charge is 0.358 e. The van der Waals surface area contributed by atoms with Crippen molar-refractivity contribution >= 4 is 17.4 Å². The maximum atomic E-state index is 12.9. The van der Waals surface area contributed by atoms with Crippen molar-refractivity contribution in [2.75, 3.05) is 0 Å². The summed E-state index contributed by atoms with van der Waals surface area (Å²) in [5.41, 5.74) is 0.541. The SMILES string of the molecule is O=[N+]([O-])c1nn(Cc2cncc(F)c2)cc1Cl. The van der Waals surface area contributed by atoms with Gasteiger partial charge in [0.2, 0.25) is 0 Å². The first-order valence-corrected chi connectivity index (χ1v) is 4.91. The molecule has 2 heterocycles. The molecule has 17 heavy (non-hydrogen) atoms. The predicted octanol–water partition coefficient (Wildman–Crippen LogP) is 2.03. The molecule has 0 aromatic carbocycles. The molecule has 0 aliphatic heterocycles. The molecule has 0 unspecified atom stereocenters. The summed E-state index contributed by atoms with van der Waals surface area (Å²) < 4.78 is 14.1. The Hall–Kier alpha value is -2.02. The van der Waals surface area contributed by atoms with E-state index in [4.69, 9.17) is 11.6 Å². The van der Waals surface area contributed by atoms with Gasteiger partial charge < -0.3 is 10.1 Å². The van der Waals surface area contributed by atoms with Gasteiger partial charge in [0, 0.05) is 6.20 Å². The Balaban J connectivity index is 2.25. The van der Waals surface area contributed by atoms with Crippen LogP contribution in [0.15, 0.2) is 24.7 Å². The lowest BCUT2D eigenvalue weighted by molar-refractivity contribution is -0.389. The summed E-state index contributed by atoms with van der Waals surface area (Å²) in [4.78, 5) is 13.5. The van der Waals surface area contributed by atoms with E-state index < -0.39 is 16.6 Å². The molecular weight excluding hydrogens is 251 g/mol. The molecule has 8 heteroatoms. The van der Waals surface area contributed by atoms with Crippen molar-refractivity contribution in [1.29, 1.82) is 0 Å². The van der Waals surface area contributed by atoms with Crippen LogP contribution in [-0.2, 0) is 6.54 Å². The molecule has 2 aromatic rings. The number of pyridine rings is 1. The Morgan fingerprint density at radius 1 is 1.53 bits per heavy atom. The van der Waals surface area contributed by atoms with Gasteiger partial charge in [-0.25, -0.2) is 4.39 Å². The summed E-state index contributed by atoms with van der Waals surface area (Å²) in [5.74, 6) is -0.897. The second kappa shape index (κ2) is 4.46. The number of hydrogen-bond acceptors (Lipinski definition) is 4. The number of aromatic nitrogens is 3. The highest BCUT2D eigenvalue weighted by Gasteiger charge is 2.18. The average Bonchev–Trinajstić information content (AvgIpc) is 2.59. The van der Waals surface area contributed by atoms with Crippen LogP contribution in [-0.4, -0.2) is 19.7 Å². The van der Waals surface area contributed by atoms with Gasteiger partial charge in [-0.1, -0.05) is 11.6 Å². The minimum Gasteiger partial charge on any atom is -0.358 e. The summed E-state index contributed by atoms with van der Waals surface area (Å²) in [6, 6.07) is 1.27. The first-order valence-electron chi connectivity index (χ1n) is 4.53. The Labute approximate surface area is 99.8 Å². The maximum absolute atomic E-state index is 12.9. The first-order chi connectivity index (χ1) is 8.06. The van der Waals surface area contributed by atoms with E-state index in [-0.39, 0.29) is 11.6 Å². The third-order valence-electron chi connectivity index (χ3n) is 1.98. The summed E-state index contributed by atoms with van der Waals surface area (Å²) in [6.45, 7) is 0.165. The lowest BCUT2D eigenvalue weighted by Crippen LogP contribution is -2.02. The van der Waals surface area contributed by atoms with Crippen molar-refractivity contribution in [3.8, 4) is 0 Å². The minimum absolute atomic E-state index is 0.0561. The third kappa shape index (κ3) is 2.56. The fourth-order valence-corrected chi connectivity index (χ4v) is 1.54. The highest BCUT2D eigenvalue weighted by Crippen LogP contribution is 2.21. The Morgan fingerprint density at radius 2 is 2.29 bits per heavy atom. The molecule has 6 nitrogen and oxygen atoms in total. The fraction of sp³-hybridized carbons (Fsp3) is 0.111. The largest absolute Gasteiger partial charge is 0.408 e. The van der Waals surface area contributed by atoms with Crippen LogP contribution in [0, 0.1) is 15.9 Å². The predicted molar refractivity (Wildman–Crippen MR) is 57.2 cm³/mol. The van der Waals surface area contributed by atoms with Crippen LogP contribution in [0.3, 0.4) is 0 Å². The second-order valence-corrected chi connectivity index (χ2v) is 3.67. The molecule has 0 fully saturated rings. The average molecular weight is 257 g/mol. The van der Waals surface area contributed by atoms with E-state index in [0.29, 0.717) is 5.56 Å². The van der Waals surface area contributed by atoms with Crippen molar-refractivity contribution in [3.63, 3.8) is 0 Å². The number of hydrogen-bond donors (Lipinski definition) is 0. The molecule has 0 saturated carbocycles. The van der Waals surface area contributed by atoms with E-state index in [9.17, 15) is 14.5 Å². The molecule has 0 amide bonds. The maximum Gasteiger partial charge on any atom is 0.408 e. The molecule has 0 radical (unpaired) electrons. The van der Waals surface area contributed by atoms with E-state index in [0.717, 1.165) is 6.20 Å². The van der Waals surface area contributed by atoms with E-state index in [1.807, 2.05) is 0 Å². The molecule has 0 bridgehead atoms. The lowest BCUT2D eigenvalue weighted by atomic mass is 10.3. The summed E-state index contributed by atoms with van der Waals surface area (Å²) >= 11 is 5.62. The van der Waals surface area contributed by atoms with Crippen LogP contribution in [0.4, 0.5) is 10.2 Å². The summed E-state index contributed by atoms with van der Waals surface area (Å²) in [5, 5.41) is 14.1. The molecular formula is C9H6ClFN4O2. The van der Waals surface area contributed by atoms with Crippen molar-refractivity contribution in [3.05, 3.63) is 51.2 Å². The Kier molecular flexibility index (Phi) is 3.01. The van der Waals surface area contributed by atoms with Gasteiger partial charge in [-0.05, 0) is 16.6 Å². The first kappa shape index (κ1) is 11.5. The van der Waals surface area contributed by atoms with Crippen molar-refractivity contribution in [2.45, 2.75) is 6.54 Å². The van der Waals surface area contributed by atoms with Gasteiger partial charge in [0.1, 0.15) is 5.82 Å². The van der Waals surface area contributed by atoms with Crippen molar-refractivity contribution in [2.24, 2.45) is 0 Å². The van der Waals surface area contributed by atoms with Crippen LogP contribution in [0.25, 0.3) is 0 Å². The Bertz CT molecular complexity index is 572. The van der Waals surface area contributed by atoms with E-state index in [1.165, 1.54) is 23.1 Å². The van der Waals surface area contributed by atoms with Gasteiger partial charge in [0.25, 0.3) is 0 Å². The van der Waals surface area contributed by atoms with Crippen LogP contribution in [0.1, 0.15) is 5.56 Å². The molecule has 2 rings (SSSR count). The number of nitrogens with zero attached hydrogens (tertiary/aromatic N) is 4. The van der Waals surface area contributed by atoms with Crippen LogP contribution in [0.2, 0.25) is 5.02 Å². The highest BCUT2D eigenvalue weighted by molar-refractivity contribution is 6.32. The fourth-order valence-electron chi connectivity index (χ4n) is 1.32. The molecule has 0 N–H and O–H groups in total. The monoisotopic (exact) mass is 256 g/mol. The zero-order chi connectivity index (χ0) is 12.4. The van der Waals surface area contributed by atoms with E-state index in [2.05, 4.69) is 10.1 Å². The molecule has 0 atom stereocenters. The summed E-state index contributed by atoms with van der Waals surface area (Å²) in [6.07, 6.45) is 3.83. The minimum atomic E-state index is -0.678. The normalized spacial score (nSPS) is 10.5. The number of nitro groups is 1. The van der Waals surface area contributed by atoms with Gasteiger partial charge in [-0.15, -0.1) is 0 Å². The number of halogens is 2. The van der Waals surface area contributed by atoms with E-state index >= 15 is 0 Å². The second-order valence-electron chi connectivity index (χ2n) is 3.27. The van der Waals surface area contributed by atoms with E-state index in [1.54, 1.807) is 0 Å². The molecule has 0 aliphatic carbocycles. The molecule has 0 aliphatic rings. The quantitative estimate of drug-likeness (QED) is 0.622. The van der Waals surface area contributed by atoms with Gasteiger partial charge in [0.15, 0.2) is 5.02 Å². The van der Waals surface area contributed by atoms with Crippen LogP contribution >= 0.6 is 11.6 Å². The standard InChI is InChI=1S/C9H6ClFN4O2/c10-8-5-14(13-9(8)15(16)17)4-6-1-7(11)3-12-2-6/h1-3,5H,4H2. The zero-order valence-corrected chi connectivity index (χ0v) is 9.13. The van der Waals surface area contributed by atoms with Crippen molar-refractivity contribution in [1.82, 2.24) is 14.8 Å². The van der Waals surface area contributed by atoms with Gasteiger partial charge in [-0.2, -0.15) is 4.68 Å². The highest BCUT2D eigenvalue weighted by atomic mass is 35.5.